The molecule has 0 unspecified atom stereocenters. The Kier molecular flexibility index (Phi) is 1.75. The molecule has 3 heteroatoms. The van der Waals surface area contributed by atoms with Crippen LogP contribution in [0.5, 0.6) is 0 Å². The van der Waals surface area contributed by atoms with Gasteiger partial charge < -0.3 is 4.74 Å². The zero-order chi connectivity index (χ0) is 9.47. The minimum Gasteiger partial charge on any atom is -0.452 e. The number of rotatable bonds is 1. The fourth-order valence-electron chi connectivity index (χ4n) is 2.04. The second kappa shape index (κ2) is 2.69. The molecule has 1 fully saturated rings. The third-order valence-electron chi connectivity index (χ3n) is 2.93. The van der Waals surface area contributed by atoms with Gasteiger partial charge in [-0.1, -0.05) is 0 Å². The molecule has 1 aliphatic heterocycles. The molecular formula is C10H12O3. The van der Waals surface area contributed by atoms with Crippen molar-refractivity contribution in [1.82, 2.24) is 0 Å². The Morgan fingerprint density at radius 2 is 2.31 bits per heavy atom. The fraction of sp³-hybridized carbons (Fsp3) is 0.600. The van der Waals surface area contributed by atoms with Gasteiger partial charge in [0, 0.05) is 24.8 Å². The van der Waals surface area contributed by atoms with E-state index in [4.69, 9.17) is 4.74 Å². The second-order valence-electron chi connectivity index (χ2n) is 3.92. The van der Waals surface area contributed by atoms with Crippen molar-refractivity contribution in [1.29, 1.82) is 0 Å². The van der Waals surface area contributed by atoms with Gasteiger partial charge in [-0.2, -0.15) is 0 Å². The van der Waals surface area contributed by atoms with E-state index < -0.39 is 5.60 Å². The summed E-state index contributed by atoms with van der Waals surface area (Å²) in [4.78, 5) is 22.0. The standard InChI is InChI=1S/C10H12O3/c1-10(5-4-9(12)13-10)7-2-3-8(11)6-7/h4-5,7H,2-3,6H2,1H3/t7-,10-/m0/s1. The number of cyclic esters (lactones) is 1. The van der Waals surface area contributed by atoms with Crippen molar-refractivity contribution in [3.8, 4) is 0 Å². The first-order valence-electron chi connectivity index (χ1n) is 4.54. The van der Waals surface area contributed by atoms with Gasteiger partial charge in [0.1, 0.15) is 11.4 Å². The van der Waals surface area contributed by atoms with Crippen molar-refractivity contribution in [3.63, 3.8) is 0 Å². The molecule has 0 radical (unpaired) electrons. The van der Waals surface area contributed by atoms with E-state index in [1.165, 1.54) is 6.08 Å². The lowest BCUT2D eigenvalue weighted by Crippen LogP contribution is -2.32. The predicted molar refractivity (Wildman–Crippen MR) is 46.0 cm³/mol. The Morgan fingerprint density at radius 3 is 2.77 bits per heavy atom. The largest absolute Gasteiger partial charge is 0.452 e. The van der Waals surface area contributed by atoms with Crippen LogP contribution in [0, 0.1) is 5.92 Å². The summed E-state index contributed by atoms with van der Waals surface area (Å²) in [5.41, 5.74) is -0.525. The third kappa shape index (κ3) is 1.39. The van der Waals surface area contributed by atoms with Crippen LogP contribution in [0.15, 0.2) is 12.2 Å². The van der Waals surface area contributed by atoms with Crippen LogP contribution in [-0.4, -0.2) is 17.4 Å². The van der Waals surface area contributed by atoms with Crippen molar-refractivity contribution >= 4 is 11.8 Å². The first-order valence-corrected chi connectivity index (χ1v) is 4.54. The molecule has 2 atom stereocenters. The van der Waals surface area contributed by atoms with E-state index >= 15 is 0 Å². The molecule has 0 aromatic heterocycles. The van der Waals surface area contributed by atoms with Gasteiger partial charge in [-0.05, 0) is 19.4 Å². The van der Waals surface area contributed by atoms with Crippen molar-refractivity contribution < 1.29 is 14.3 Å². The highest BCUT2D eigenvalue weighted by Crippen LogP contribution is 2.37. The molecule has 0 aromatic carbocycles. The Balaban J connectivity index is 2.12. The van der Waals surface area contributed by atoms with Crippen molar-refractivity contribution in [2.75, 3.05) is 0 Å². The van der Waals surface area contributed by atoms with Crippen LogP contribution >= 0.6 is 0 Å². The Morgan fingerprint density at radius 1 is 1.54 bits per heavy atom. The van der Waals surface area contributed by atoms with Gasteiger partial charge in [-0.25, -0.2) is 4.79 Å². The average molecular weight is 180 g/mol. The number of esters is 1. The van der Waals surface area contributed by atoms with E-state index in [2.05, 4.69) is 0 Å². The zero-order valence-electron chi connectivity index (χ0n) is 7.58. The third-order valence-corrected chi connectivity index (χ3v) is 2.93. The molecule has 0 aromatic rings. The van der Waals surface area contributed by atoms with Crippen LogP contribution in [0.2, 0.25) is 0 Å². The molecule has 70 valence electrons. The molecule has 13 heavy (non-hydrogen) atoms. The number of carbonyl (C=O) groups excluding carboxylic acids is 2. The lowest BCUT2D eigenvalue weighted by atomic mass is 9.88. The van der Waals surface area contributed by atoms with E-state index in [-0.39, 0.29) is 17.7 Å². The number of hydrogen-bond acceptors (Lipinski definition) is 3. The summed E-state index contributed by atoms with van der Waals surface area (Å²) in [5.74, 6) is 0.173. The lowest BCUT2D eigenvalue weighted by molar-refractivity contribution is -0.148. The molecule has 0 spiro atoms. The molecule has 1 saturated carbocycles. The molecule has 1 aliphatic carbocycles. The summed E-state index contributed by atoms with van der Waals surface area (Å²) in [6.45, 7) is 1.87. The second-order valence-corrected chi connectivity index (χ2v) is 3.92. The zero-order valence-corrected chi connectivity index (χ0v) is 7.58. The monoisotopic (exact) mass is 180 g/mol. The predicted octanol–water partition coefficient (Wildman–Crippen LogP) is 1.23. The molecule has 2 rings (SSSR count). The Hall–Kier alpha value is -1.12. The average Bonchev–Trinajstić information content (AvgIpc) is 2.60. The van der Waals surface area contributed by atoms with Gasteiger partial charge in [0.15, 0.2) is 0 Å². The number of hydrogen-bond donors (Lipinski definition) is 0. The molecule has 3 nitrogen and oxygen atoms in total. The lowest BCUT2D eigenvalue weighted by Gasteiger charge is -2.27. The quantitative estimate of drug-likeness (QED) is 0.570. The minimum atomic E-state index is -0.525. The van der Waals surface area contributed by atoms with E-state index in [9.17, 15) is 9.59 Å². The van der Waals surface area contributed by atoms with Crippen LogP contribution in [0.3, 0.4) is 0 Å². The van der Waals surface area contributed by atoms with Gasteiger partial charge in [-0.3, -0.25) is 4.79 Å². The number of Topliss-reactive ketones (excluding diaryl/α,β-unsaturated/α-hetero) is 1. The number of carbonyl (C=O) groups is 2. The van der Waals surface area contributed by atoms with Crippen LogP contribution in [0.4, 0.5) is 0 Å². The molecule has 2 aliphatic rings. The maximum Gasteiger partial charge on any atom is 0.331 e. The SMILES string of the molecule is C[C@@]1([C@H]2CCC(=O)C2)C=CC(=O)O1. The first kappa shape index (κ1) is 8.48. The van der Waals surface area contributed by atoms with E-state index in [1.807, 2.05) is 6.92 Å². The molecule has 0 amide bonds. The molecule has 1 heterocycles. The summed E-state index contributed by atoms with van der Waals surface area (Å²) in [6.07, 6.45) is 5.24. The summed E-state index contributed by atoms with van der Waals surface area (Å²) in [6, 6.07) is 0. The van der Waals surface area contributed by atoms with Crippen LogP contribution < -0.4 is 0 Å². The highest BCUT2D eigenvalue weighted by Gasteiger charge is 2.42. The molecule has 0 saturated heterocycles. The summed E-state index contributed by atoms with van der Waals surface area (Å²) in [5, 5.41) is 0. The van der Waals surface area contributed by atoms with E-state index in [0.717, 1.165) is 6.42 Å². The summed E-state index contributed by atoms with van der Waals surface area (Å²) < 4.78 is 5.18. The minimum absolute atomic E-state index is 0.183. The Bertz CT molecular complexity index is 293. The van der Waals surface area contributed by atoms with Gasteiger partial charge in [0.2, 0.25) is 0 Å². The highest BCUT2D eigenvalue weighted by molar-refractivity contribution is 5.86. The van der Waals surface area contributed by atoms with Gasteiger partial charge >= 0.3 is 5.97 Å². The van der Waals surface area contributed by atoms with Crippen molar-refractivity contribution in [3.05, 3.63) is 12.2 Å². The highest BCUT2D eigenvalue weighted by atomic mass is 16.6. The van der Waals surface area contributed by atoms with E-state index in [1.54, 1.807) is 6.08 Å². The van der Waals surface area contributed by atoms with Crippen LogP contribution in [0.25, 0.3) is 0 Å². The van der Waals surface area contributed by atoms with Crippen molar-refractivity contribution in [2.45, 2.75) is 31.8 Å². The smallest absolute Gasteiger partial charge is 0.331 e. The molecule has 0 bridgehead atoms. The summed E-state index contributed by atoms with van der Waals surface area (Å²) in [7, 11) is 0. The number of ether oxygens (including phenoxy) is 1. The Labute approximate surface area is 76.8 Å². The first-order chi connectivity index (χ1) is 6.10. The van der Waals surface area contributed by atoms with Gasteiger partial charge in [0.05, 0.1) is 0 Å². The normalized spacial score (nSPS) is 38.4. The summed E-state index contributed by atoms with van der Waals surface area (Å²) >= 11 is 0. The van der Waals surface area contributed by atoms with Gasteiger partial charge in [-0.15, -0.1) is 0 Å². The van der Waals surface area contributed by atoms with E-state index in [0.29, 0.717) is 12.8 Å². The topological polar surface area (TPSA) is 43.4 Å². The number of ketones is 1. The fourth-order valence-corrected chi connectivity index (χ4v) is 2.04. The van der Waals surface area contributed by atoms with Crippen molar-refractivity contribution in [2.24, 2.45) is 5.92 Å². The maximum atomic E-state index is 11.1. The maximum absolute atomic E-state index is 11.1. The molecule has 0 N–H and O–H groups in total. The van der Waals surface area contributed by atoms with Gasteiger partial charge in [0.25, 0.3) is 0 Å². The molecular weight excluding hydrogens is 168 g/mol. The van der Waals surface area contributed by atoms with Crippen LogP contribution in [-0.2, 0) is 14.3 Å². The van der Waals surface area contributed by atoms with Crippen LogP contribution in [0.1, 0.15) is 26.2 Å².